The van der Waals surface area contributed by atoms with Crippen molar-refractivity contribution in [3.63, 3.8) is 0 Å². The molecule has 4 rings (SSSR count). The van der Waals surface area contributed by atoms with Gasteiger partial charge in [0.2, 0.25) is 0 Å². The van der Waals surface area contributed by atoms with Gasteiger partial charge in [-0.2, -0.15) is 25.4 Å². The largest absolute Gasteiger partial charge is 0.301 e. The quantitative estimate of drug-likeness (QED) is 0.703. The van der Waals surface area contributed by atoms with E-state index in [1.165, 1.54) is 8.61 Å². The molecule has 2 aliphatic rings. The molecule has 0 amide bonds. The maximum absolute atomic E-state index is 12.6. The van der Waals surface area contributed by atoms with E-state index in [4.69, 9.17) is 0 Å². The molecule has 0 unspecified atom stereocenters. The van der Waals surface area contributed by atoms with Gasteiger partial charge in [0, 0.05) is 26.2 Å². The van der Waals surface area contributed by atoms with Crippen LogP contribution in [-0.4, -0.2) is 51.6 Å². The fourth-order valence-electron chi connectivity index (χ4n) is 4.01. The van der Waals surface area contributed by atoms with E-state index in [9.17, 15) is 16.8 Å². The Kier molecular flexibility index (Phi) is 6.19. The van der Waals surface area contributed by atoms with E-state index >= 15 is 0 Å². The van der Waals surface area contributed by atoms with Gasteiger partial charge in [0.15, 0.2) is 0 Å². The first kappa shape index (κ1) is 21.4. The maximum Gasteiger partial charge on any atom is 0.301 e. The zero-order valence-corrected chi connectivity index (χ0v) is 18.5. The molecule has 0 aliphatic carbocycles. The molecule has 2 N–H and O–H groups in total. The fraction of sp³-hybridized carbons (Fsp3) is 0.500. The van der Waals surface area contributed by atoms with Gasteiger partial charge < -0.3 is 0 Å². The van der Waals surface area contributed by atoms with Crippen molar-refractivity contribution in [1.29, 1.82) is 0 Å². The molecule has 0 saturated carbocycles. The number of piperidine rings is 2. The van der Waals surface area contributed by atoms with E-state index in [1.54, 1.807) is 24.3 Å². The van der Waals surface area contributed by atoms with Gasteiger partial charge in [0.1, 0.15) is 0 Å². The lowest BCUT2D eigenvalue weighted by atomic mass is 10.1. The average molecular weight is 453 g/mol. The van der Waals surface area contributed by atoms with E-state index < -0.39 is 20.4 Å². The molecular formula is C20H28N4O4S2. The first-order chi connectivity index (χ1) is 14.3. The second kappa shape index (κ2) is 8.70. The smallest absolute Gasteiger partial charge is 0.271 e. The normalized spacial score (nSPS) is 19.6. The Morgan fingerprint density at radius 1 is 0.567 bits per heavy atom. The van der Waals surface area contributed by atoms with Crippen LogP contribution in [0, 0.1) is 0 Å². The Labute approximate surface area is 178 Å². The van der Waals surface area contributed by atoms with Crippen LogP contribution in [-0.2, 0) is 20.4 Å². The molecule has 2 aromatic carbocycles. The van der Waals surface area contributed by atoms with Crippen molar-refractivity contribution in [3.05, 3.63) is 36.4 Å². The second-order valence-corrected chi connectivity index (χ2v) is 11.3. The van der Waals surface area contributed by atoms with Crippen LogP contribution in [0.4, 0.5) is 11.4 Å². The van der Waals surface area contributed by atoms with Gasteiger partial charge >= 0.3 is 20.4 Å². The monoisotopic (exact) mass is 452 g/mol. The van der Waals surface area contributed by atoms with E-state index in [0.717, 1.165) is 49.3 Å². The van der Waals surface area contributed by atoms with Crippen molar-refractivity contribution in [2.24, 2.45) is 0 Å². The van der Waals surface area contributed by atoms with Crippen molar-refractivity contribution in [3.8, 4) is 0 Å². The summed E-state index contributed by atoms with van der Waals surface area (Å²) < 4.78 is 58.8. The third-order valence-corrected chi connectivity index (χ3v) is 8.72. The van der Waals surface area contributed by atoms with Gasteiger partial charge in [-0.15, -0.1) is 0 Å². The zero-order chi connectivity index (χ0) is 21.2. The van der Waals surface area contributed by atoms with Crippen molar-refractivity contribution in [2.45, 2.75) is 38.5 Å². The lowest BCUT2D eigenvalue weighted by molar-refractivity contribution is 0.348. The van der Waals surface area contributed by atoms with Crippen LogP contribution in [0.15, 0.2) is 36.4 Å². The van der Waals surface area contributed by atoms with Crippen LogP contribution in [0.25, 0.3) is 10.8 Å². The highest BCUT2D eigenvalue weighted by atomic mass is 32.2. The molecule has 8 nitrogen and oxygen atoms in total. The Hall–Kier alpha value is -1.88. The van der Waals surface area contributed by atoms with E-state index in [-0.39, 0.29) is 0 Å². The maximum atomic E-state index is 12.6. The predicted molar refractivity (Wildman–Crippen MR) is 120 cm³/mol. The lowest BCUT2D eigenvalue weighted by Gasteiger charge is -2.26. The van der Waals surface area contributed by atoms with Crippen molar-refractivity contribution in [1.82, 2.24) is 8.61 Å². The van der Waals surface area contributed by atoms with Crippen LogP contribution in [0.5, 0.6) is 0 Å². The van der Waals surface area contributed by atoms with Gasteiger partial charge in [-0.1, -0.05) is 25.0 Å². The van der Waals surface area contributed by atoms with Crippen LogP contribution in [0.2, 0.25) is 0 Å². The SMILES string of the molecule is O=S(=O)(Nc1ccc2ccc(NS(=O)(=O)N3CCCCC3)cc2c1)N1CCCCC1. The number of nitrogens with one attached hydrogen (secondary N) is 2. The Bertz CT molecular complexity index is 1020. The highest BCUT2D eigenvalue weighted by molar-refractivity contribution is 7.90. The van der Waals surface area contributed by atoms with Crippen LogP contribution >= 0.6 is 0 Å². The van der Waals surface area contributed by atoms with E-state index in [1.807, 2.05) is 12.1 Å². The Balaban J connectivity index is 1.53. The Morgan fingerprint density at radius 2 is 0.967 bits per heavy atom. The summed E-state index contributed by atoms with van der Waals surface area (Å²) in [5.41, 5.74) is 0.924. The van der Waals surface area contributed by atoms with Gasteiger partial charge in [-0.05, 0) is 60.7 Å². The summed E-state index contributed by atoms with van der Waals surface area (Å²) in [5.74, 6) is 0. The van der Waals surface area contributed by atoms with Crippen molar-refractivity contribution in [2.75, 3.05) is 35.6 Å². The number of hydrogen-bond donors (Lipinski definition) is 2. The summed E-state index contributed by atoms with van der Waals surface area (Å²) >= 11 is 0. The molecule has 10 heteroatoms. The predicted octanol–water partition coefficient (Wildman–Crippen LogP) is 3.13. The zero-order valence-electron chi connectivity index (χ0n) is 16.9. The molecule has 0 radical (unpaired) electrons. The molecule has 2 heterocycles. The summed E-state index contributed by atoms with van der Waals surface area (Å²) in [6, 6.07) is 10.6. The van der Waals surface area contributed by atoms with E-state index in [2.05, 4.69) is 9.44 Å². The third-order valence-electron chi connectivity index (χ3n) is 5.64. The molecule has 2 aromatic rings. The summed E-state index contributed by atoms with van der Waals surface area (Å²) in [6.07, 6.45) is 5.60. The summed E-state index contributed by atoms with van der Waals surface area (Å²) in [6.45, 7) is 2.13. The minimum atomic E-state index is -3.59. The average Bonchev–Trinajstić information content (AvgIpc) is 2.74. The first-order valence-corrected chi connectivity index (χ1v) is 13.3. The highest BCUT2D eigenvalue weighted by Crippen LogP contribution is 2.26. The molecule has 0 aromatic heterocycles. The summed E-state index contributed by atoms with van der Waals surface area (Å²) in [4.78, 5) is 0. The Morgan fingerprint density at radius 3 is 1.37 bits per heavy atom. The summed E-state index contributed by atoms with van der Waals surface area (Å²) in [7, 11) is -7.19. The lowest BCUT2D eigenvalue weighted by Crippen LogP contribution is -2.39. The van der Waals surface area contributed by atoms with E-state index in [0.29, 0.717) is 37.6 Å². The molecule has 0 spiro atoms. The topological polar surface area (TPSA) is 98.8 Å². The van der Waals surface area contributed by atoms with Crippen LogP contribution in [0.1, 0.15) is 38.5 Å². The van der Waals surface area contributed by atoms with Crippen molar-refractivity contribution >= 4 is 42.6 Å². The number of fused-ring (bicyclic) bond motifs is 1. The van der Waals surface area contributed by atoms with Crippen LogP contribution in [0.3, 0.4) is 0 Å². The van der Waals surface area contributed by atoms with Crippen molar-refractivity contribution < 1.29 is 16.8 Å². The highest BCUT2D eigenvalue weighted by Gasteiger charge is 2.25. The molecule has 164 valence electrons. The number of nitrogens with zero attached hydrogens (tertiary/aromatic N) is 2. The molecular weight excluding hydrogens is 424 g/mol. The van der Waals surface area contributed by atoms with Crippen LogP contribution < -0.4 is 9.44 Å². The second-order valence-electron chi connectivity index (χ2n) is 7.91. The number of rotatable bonds is 6. The number of benzene rings is 2. The molecule has 2 aliphatic heterocycles. The minimum Gasteiger partial charge on any atom is -0.271 e. The molecule has 30 heavy (non-hydrogen) atoms. The molecule has 2 fully saturated rings. The minimum absolute atomic E-state index is 0.462. The summed E-state index contributed by atoms with van der Waals surface area (Å²) in [5, 5.41) is 1.66. The number of anilines is 2. The third kappa shape index (κ3) is 4.88. The van der Waals surface area contributed by atoms with Gasteiger partial charge in [-0.3, -0.25) is 9.44 Å². The number of hydrogen-bond acceptors (Lipinski definition) is 4. The van der Waals surface area contributed by atoms with Gasteiger partial charge in [0.25, 0.3) is 0 Å². The molecule has 0 atom stereocenters. The fourth-order valence-corrected chi connectivity index (χ4v) is 6.60. The standard InChI is InChI=1S/C20H28N4O4S2/c25-29(26,23-11-3-1-4-12-23)21-19-9-7-17-8-10-20(16-18(17)15-19)22-30(27,28)24-13-5-2-6-14-24/h7-10,15-16,21-22H,1-6,11-14H2. The first-order valence-electron chi connectivity index (χ1n) is 10.4. The van der Waals surface area contributed by atoms with Gasteiger partial charge in [-0.25, -0.2) is 0 Å². The molecule has 0 bridgehead atoms. The van der Waals surface area contributed by atoms with Gasteiger partial charge in [0.05, 0.1) is 11.4 Å². The molecule has 2 saturated heterocycles.